The Bertz CT molecular complexity index is 842. The highest BCUT2D eigenvalue weighted by Gasteiger charge is 2.39. The van der Waals surface area contributed by atoms with E-state index in [4.69, 9.17) is 10.5 Å². The van der Waals surface area contributed by atoms with Crippen molar-refractivity contribution in [1.29, 1.82) is 0 Å². The van der Waals surface area contributed by atoms with E-state index < -0.39 is 21.3 Å². The number of hydrogen-bond donors (Lipinski definition) is 2. The van der Waals surface area contributed by atoms with Gasteiger partial charge in [0.25, 0.3) is 0 Å². The Kier molecular flexibility index (Phi) is 4.89. The molecule has 1 aliphatic rings. The van der Waals surface area contributed by atoms with Gasteiger partial charge in [-0.3, -0.25) is 4.79 Å². The normalized spacial score (nSPS) is 17.3. The molecular formula is C16H20N4O4S. The molecule has 8 nitrogen and oxygen atoms in total. The summed E-state index contributed by atoms with van der Waals surface area (Å²) in [5.41, 5.74) is 5.34. The van der Waals surface area contributed by atoms with Gasteiger partial charge in [0.2, 0.25) is 15.9 Å². The van der Waals surface area contributed by atoms with Crippen LogP contribution in [-0.4, -0.2) is 43.9 Å². The van der Waals surface area contributed by atoms with Gasteiger partial charge in [-0.15, -0.1) is 0 Å². The highest BCUT2D eigenvalue weighted by molar-refractivity contribution is 7.89. The zero-order valence-corrected chi connectivity index (χ0v) is 14.4. The predicted octanol–water partition coefficient (Wildman–Crippen LogP) is 0.433. The lowest BCUT2D eigenvalue weighted by atomic mass is 9.80. The molecule has 0 atom stereocenters. The number of primary amides is 1. The highest BCUT2D eigenvalue weighted by atomic mass is 32.2. The van der Waals surface area contributed by atoms with Crippen molar-refractivity contribution in [3.05, 3.63) is 42.7 Å². The van der Waals surface area contributed by atoms with E-state index >= 15 is 0 Å². The molecule has 2 heterocycles. The molecule has 1 aliphatic heterocycles. The third-order valence-electron chi connectivity index (χ3n) is 4.46. The third-order valence-corrected chi connectivity index (χ3v) is 5.82. The van der Waals surface area contributed by atoms with Crippen molar-refractivity contribution in [3.63, 3.8) is 0 Å². The van der Waals surface area contributed by atoms with E-state index in [1.54, 1.807) is 0 Å². The fourth-order valence-electron chi connectivity index (χ4n) is 2.76. The minimum absolute atomic E-state index is 0.0306. The molecule has 0 aliphatic carbocycles. The van der Waals surface area contributed by atoms with Crippen LogP contribution in [0.3, 0.4) is 0 Å². The van der Waals surface area contributed by atoms with Gasteiger partial charge >= 0.3 is 0 Å². The largest absolute Gasteiger partial charge is 0.381 e. The molecule has 0 bridgehead atoms. The Morgan fingerprint density at radius 3 is 2.60 bits per heavy atom. The molecule has 3 rings (SSSR count). The summed E-state index contributed by atoms with van der Waals surface area (Å²) in [7, 11) is -3.80. The molecule has 1 saturated heterocycles. The van der Waals surface area contributed by atoms with Gasteiger partial charge in [0, 0.05) is 19.8 Å². The van der Waals surface area contributed by atoms with Crippen LogP contribution in [0.15, 0.2) is 47.6 Å². The second-order valence-corrected chi connectivity index (χ2v) is 7.80. The molecule has 0 unspecified atom stereocenters. The maximum absolute atomic E-state index is 12.5. The number of nitrogens with one attached hydrogen (secondary N) is 1. The fraction of sp³-hybridized carbons (Fsp3) is 0.375. The molecule has 1 aromatic heterocycles. The van der Waals surface area contributed by atoms with Crippen LogP contribution in [0.5, 0.6) is 0 Å². The van der Waals surface area contributed by atoms with E-state index in [0.717, 1.165) is 5.69 Å². The van der Waals surface area contributed by atoms with Gasteiger partial charge < -0.3 is 10.5 Å². The van der Waals surface area contributed by atoms with Crippen LogP contribution in [0.2, 0.25) is 0 Å². The number of benzene rings is 1. The predicted molar refractivity (Wildman–Crippen MR) is 90.4 cm³/mol. The first-order valence-electron chi connectivity index (χ1n) is 7.90. The summed E-state index contributed by atoms with van der Waals surface area (Å²) in [5.74, 6) is -0.515. The summed E-state index contributed by atoms with van der Waals surface area (Å²) in [6, 6.07) is 9.18. The van der Waals surface area contributed by atoms with Crippen molar-refractivity contribution >= 4 is 15.9 Å². The average molecular weight is 364 g/mol. The van der Waals surface area contributed by atoms with E-state index in [1.807, 2.05) is 30.3 Å². The lowest BCUT2D eigenvalue weighted by molar-refractivity contribution is -0.132. The van der Waals surface area contributed by atoms with Gasteiger partial charge in [0.05, 0.1) is 23.5 Å². The first-order valence-corrected chi connectivity index (χ1v) is 9.39. The van der Waals surface area contributed by atoms with E-state index in [0.29, 0.717) is 26.1 Å². The molecule has 1 amide bonds. The number of nitrogens with two attached hydrogens (primary N) is 1. The number of carbonyl (C=O) groups is 1. The summed E-state index contributed by atoms with van der Waals surface area (Å²) in [6.45, 7) is 0.720. The van der Waals surface area contributed by atoms with Gasteiger partial charge in [-0.1, -0.05) is 18.2 Å². The Balaban J connectivity index is 1.76. The SMILES string of the molecule is NC(=O)C1(CNS(=O)(=O)c2cnn(-c3ccccc3)c2)CCOCC1. The van der Waals surface area contributed by atoms with Crippen molar-refractivity contribution in [2.45, 2.75) is 17.7 Å². The molecule has 1 fully saturated rings. The second-order valence-electron chi connectivity index (χ2n) is 6.04. The van der Waals surface area contributed by atoms with Gasteiger partial charge in [-0.2, -0.15) is 5.10 Å². The Hall–Kier alpha value is -2.23. The molecule has 0 radical (unpaired) electrons. The van der Waals surface area contributed by atoms with Crippen LogP contribution in [-0.2, 0) is 19.6 Å². The summed E-state index contributed by atoms with van der Waals surface area (Å²) >= 11 is 0. The van der Waals surface area contributed by atoms with Gasteiger partial charge in [0.1, 0.15) is 4.90 Å². The van der Waals surface area contributed by atoms with E-state index in [9.17, 15) is 13.2 Å². The van der Waals surface area contributed by atoms with E-state index in [1.165, 1.54) is 17.1 Å². The number of para-hydroxylation sites is 1. The number of aromatic nitrogens is 2. The topological polar surface area (TPSA) is 116 Å². The molecule has 25 heavy (non-hydrogen) atoms. The monoisotopic (exact) mass is 364 g/mol. The number of nitrogens with zero attached hydrogens (tertiary/aromatic N) is 2. The van der Waals surface area contributed by atoms with Crippen molar-refractivity contribution in [1.82, 2.24) is 14.5 Å². The molecular weight excluding hydrogens is 344 g/mol. The maximum atomic E-state index is 12.5. The van der Waals surface area contributed by atoms with E-state index in [-0.39, 0.29) is 11.4 Å². The Morgan fingerprint density at radius 2 is 1.96 bits per heavy atom. The van der Waals surface area contributed by atoms with Gasteiger partial charge in [-0.25, -0.2) is 17.8 Å². The first-order chi connectivity index (χ1) is 11.9. The minimum Gasteiger partial charge on any atom is -0.381 e. The summed E-state index contributed by atoms with van der Waals surface area (Å²) in [6.07, 6.45) is 3.50. The summed E-state index contributed by atoms with van der Waals surface area (Å²) in [4.78, 5) is 11.9. The van der Waals surface area contributed by atoms with E-state index in [2.05, 4.69) is 9.82 Å². The molecule has 0 spiro atoms. The quantitative estimate of drug-likeness (QED) is 0.771. The summed E-state index contributed by atoms with van der Waals surface area (Å²) < 4.78 is 34.3. The molecule has 0 saturated carbocycles. The third kappa shape index (κ3) is 3.73. The smallest absolute Gasteiger partial charge is 0.243 e. The fourth-order valence-corrected chi connectivity index (χ4v) is 3.81. The molecule has 134 valence electrons. The zero-order chi connectivity index (χ0) is 17.9. The minimum atomic E-state index is -3.80. The van der Waals surface area contributed by atoms with Gasteiger partial charge in [-0.05, 0) is 25.0 Å². The highest BCUT2D eigenvalue weighted by Crippen LogP contribution is 2.30. The van der Waals surface area contributed by atoms with Gasteiger partial charge in [0.15, 0.2) is 0 Å². The molecule has 9 heteroatoms. The second kappa shape index (κ2) is 6.95. The zero-order valence-electron chi connectivity index (χ0n) is 13.6. The Morgan fingerprint density at radius 1 is 1.28 bits per heavy atom. The standard InChI is InChI=1S/C16H20N4O4S/c17-15(21)16(6-8-24-9-7-16)12-19-25(22,23)14-10-18-20(11-14)13-4-2-1-3-5-13/h1-5,10-11,19H,6-9,12H2,(H2,17,21). The number of ether oxygens (including phenoxy) is 1. The van der Waals surface area contributed by atoms with Crippen LogP contribution < -0.4 is 10.5 Å². The molecule has 1 aromatic carbocycles. The maximum Gasteiger partial charge on any atom is 0.243 e. The van der Waals surface area contributed by atoms with Crippen molar-refractivity contribution < 1.29 is 17.9 Å². The Labute approximate surface area is 146 Å². The van der Waals surface area contributed by atoms with Crippen LogP contribution in [0.4, 0.5) is 0 Å². The summed E-state index contributed by atoms with van der Waals surface area (Å²) in [5, 5.41) is 4.09. The number of carbonyl (C=O) groups excluding carboxylic acids is 1. The van der Waals surface area contributed by atoms with Crippen LogP contribution >= 0.6 is 0 Å². The number of rotatable bonds is 6. The number of amides is 1. The number of sulfonamides is 1. The first kappa shape index (κ1) is 17.6. The van der Waals surface area contributed by atoms with Crippen LogP contribution in [0.25, 0.3) is 5.69 Å². The average Bonchev–Trinajstić information content (AvgIpc) is 3.13. The van der Waals surface area contributed by atoms with Crippen LogP contribution in [0.1, 0.15) is 12.8 Å². The number of hydrogen-bond acceptors (Lipinski definition) is 5. The van der Waals surface area contributed by atoms with Crippen molar-refractivity contribution in [3.8, 4) is 5.69 Å². The molecule has 2 aromatic rings. The molecule has 3 N–H and O–H groups in total. The van der Waals surface area contributed by atoms with Crippen LogP contribution in [0, 0.1) is 5.41 Å². The lowest BCUT2D eigenvalue weighted by Gasteiger charge is -2.34. The van der Waals surface area contributed by atoms with Crippen molar-refractivity contribution in [2.75, 3.05) is 19.8 Å². The van der Waals surface area contributed by atoms with Crippen molar-refractivity contribution in [2.24, 2.45) is 11.1 Å². The lowest BCUT2D eigenvalue weighted by Crippen LogP contribution is -2.49.